The lowest BCUT2D eigenvalue weighted by molar-refractivity contribution is -0.142. The van der Waals surface area contributed by atoms with Crippen LogP contribution in [0.5, 0.6) is 0 Å². The van der Waals surface area contributed by atoms with Crippen molar-refractivity contribution in [3.63, 3.8) is 0 Å². The molecule has 3 nitrogen and oxygen atoms in total. The van der Waals surface area contributed by atoms with E-state index in [1.807, 2.05) is 0 Å². The molecule has 0 saturated heterocycles. The number of ether oxygens (including phenoxy) is 3. The third kappa shape index (κ3) is 4.71. The molecular weight excluding hydrogens is 252 g/mol. The van der Waals surface area contributed by atoms with E-state index in [1.54, 1.807) is 14.2 Å². The molecule has 122 valence electrons. The maximum Gasteiger partial charge on any atom is 0.0575 e. The van der Waals surface area contributed by atoms with Crippen LogP contribution in [0.2, 0.25) is 0 Å². The van der Waals surface area contributed by atoms with Gasteiger partial charge in [-0.2, -0.15) is 0 Å². The van der Waals surface area contributed by atoms with Crippen molar-refractivity contribution in [1.82, 2.24) is 0 Å². The molecule has 0 atom stereocenters. The van der Waals surface area contributed by atoms with Crippen LogP contribution in [-0.2, 0) is 14.2 Å². The first-order valence-corrected chi connectivity index (χ1v) is 7.90. The zero-order valence-electron chi connectivity index (χ0n) is 14.9. The van der Waals surface area contributed by atoms with Gasteiger partial charge < -0.3 is 14.2 Å². The molecule has 0 aliphatic heterocycles. The lowest BCUT2D eigenvalue weighted by Crippen LogP contribution is -2.51. The van der Waals surface area contributed by atoms with Crippen LogP contribution in [0.25, 0.3) is 0 Å². The minimum Gasteiger partial charge on any atom is -0.384 e. The van der Waals surface area contributed by atoms with E-state index in [1.165, 1.54) is 0 Å². The summed E-state index contributed by atoms with van der Waals surface area (Å²) in [5.41, 5.74) is -0.0433. The number of hydrogen-bond donors (Lipinski definition) is 0. The molecule has 0 aliphatic rings. The van der Waals surface area contributed by atoms with Crippen LogP contribution < -0.4 is 0 Å². The Balaban J connectivity index is 5.20. The van der Waals surface area contributed by atoms with E-state index in [-0.39, 0.29) is 10.8 Å². The van der Waals surface area contributed by atoms with Crippen LogP contribution in [0.4, 0.5) is 0 Å². The summed E-state index contributed by atoms with van der Waals surface area (Å²) in [7, 11) is 3.52. The molecule has 0 rings (SSSR count). The maximum atomic E-state index is 6.19. The van der Waals surface area contributed by atoms with Crippen LogP contribution in [-0.4, -0.2) is 40.1 Å². The van der Waals surface area contributed by atoms with Crippen molar-refractivity contribution in [1.29, 1.82) is 0 Å². The second kappa shape index (κ2) is 9.01. The Morgan fingerprint density at radius 3 is 1.60 bits per heavy atom. The van der Waals surface area contributed by atoms with Gasteiger partial charge in [-0.3, -0.25) is 0 Å². The van der Waals surface area contributed by atoms with Crippen molar-refractivity contribution in [2.24, 2.45) is 16.7 Å². The molecule has 0 aliphatic carbocycles. The summed E-state index contributed by atoms with van der Waals surface area (Å²) in [4.78, 5) is 0. The second-order valence-electron chi connectivity index (χ2n) is 6.77. The SMILES string of the molecule is CCC(CC)OCC(COC)(COC)C(C)(C)C(C)C. The first-order chi connectivity index (χ1) is 9.31. The number of methoxy groups -OCH3 is 2. The van der Waals surface area contributed by atoms with Gasteiger partial charge in [-0.05, 0) is 24.2 Å². The van der Waals surface area contributed by atoms with E-state index in [0.717, 1.165) is 12.8 Å². The van der Waals surface area contributed by atoms with Gasteiger partial charge in [0, 0.05) is 19.6 Å². The van der Waals surface area contributed by atoms with Gasteiger partial charge in [-0.25, -0.2) is 0 Å². The molecule has 0 unspecified atom stereocenters. The summed E-state index contributed by atoms with van der Waals surface area (Å²) in [6.07, 6.45) is 2.43. The van der Waals surface area contributed by atoms with E-state index in [4.69, 9.17) is 14.2 Å². The molecule has 0 amide bonds. The summed E-state index contributed by atoms with van der Waals surface area (Å²) in [5, 5.41) is 0. The van der Waals surface area contributed by atoms with Crippen molar-refractivity contribution >= 4 is 0 Å². The molecule has 0 spiro atoms. The van der Waals surface area contributed by atoms with Crippen molar-refractivity contribution < 1.29 is 14.2 Å². The fourth-order valence-electron chi connectivity index (χ4n) is 2.65. The second-order valence-corrected chi connectivity index (χ2v) is 6.77. The van der Waals surface area contributed by atoms with Crippen LogP contribution in [0, 0.1) is 16.7 Å². The van der Waals surface area contributed by atoms with Crippen LogP contribution in [0.1, 0.15) is 54.4 Å². The minimum atomic E-state index is -0.118. The molecule has 0 bridgehead atoms. The molecule has 0 heterocycles. The topological polar surface area (TPSA) is 27.7 Å². The van der Waals surface area contributed by atoms with Gasteiger partial charge in [0.1, 0.15) is 0 Å². The summed E-state index contributed by atoms with van der Waals surface area (Å²) < 4.78 is 17.3. The van der Waals surface area contributed by atoms with E-state index >= 15 is 0 Å². The van der Waals surface area contributed by atoms with Gasteiger partial charge in [0.15, 0.2) is 0 Å². The van der Waals surface area contributed by atoms with Crippen LogP contribution >= 0.6 is 0 Å². The Bertz CT molecular complexity index is 239. The summed E-state index contributed by atoms with van der Waals surface area (Å²) in [6.45, 7) is 15.5. The molecule has 0 radical (unpaired) electrons. The van der Waals surface area contributed by atoms with E-state index in [0.29, 0.717) is 31.8 Å². The molecule has 0 aromatic rings. The quantitative estimate of drug-likeness (QED) is 0.571. The van der Waals surface area contributed by atoms with Gasteiger partial charge in [0.2, 0.25) is 0 Å². The van der Waals surface area contributed by atoms with Crippen molar-refractivity contribution in [2.45, 2.75) is 60.5 Å². The zero-order valence-corrected chi connectivity index (χ0v) is 14.9. The minimum absolute atomic E-state index is 0.0745. The van der Waals surface area contributed by atoms with Gasteiger partial charge in [-0.1, -0.05) is 41.5 Å². The first kappa shape index (κ1) is 19.9. The highest BCUT2D eigenvalue weighted by Crippen LogP contribution is 2.46. The highest BCUT2D eigenvalue weighted by Gasteiger charge is 2.47. The Morgan fingerprint density at radius 1 is 0.850 bits per heavy atom. The fraction of sp³-hybridized carbons (Fsp3) is 1.00. The number of hydrogen-bond acceptors (Lipinski definition) is 3. The Labute approximate surface area is 126 Å². The molecule has 0 aromatic carbocycles. The Morgan fingerprint density at radius 2 is 1.30 bits per heavy atom. The summed E-state index contributed by atoms with van der Waals surface area (Å²) in [5.74, 6) is 0.526. The Kier molecular flexibility index (Phi) is 8.96. The van der Waals surface area contributed by atoms with Crippen LogP contribution in [0.15, 0.2) is 0 Å². The maximum absolute atomic E-state index is 6.19. The Hall–Kier alpha value is -0.120. The normalized spacial score (nSPS) is 13.5. The van der Waals surface area contributed by atoms with Gasteiger partial charge in [-0.15, -0.1) is 0 Å². The highest BCUT2D eigenvalue weighted by molar-refractivity contribution is 4.95. The predicted octanol–water partition coefficient (Wildman–Crippen LogP) is 4.15. The van der Waals surface area contributed by atoms with E-state index in [2.05, 4.69) is 41.5 Å². The molecule has 0 N–H and O–H groups in total. The third-order valence-electron chi connectivity index (χ3n) is 5.16. The smallest absolute Gasteiger partial charge is 0.0575 e. The van der Waals surface area contributed by atoms with Gasteiger partial charge in [0.05, 0.1) is 25.9 Å². The van der Waals surface area contributed by atoms with Crippen LogP contribution in [0.3, 0.4) is 0 Å². The highest BCUT2D eigenvalue weighted by atomic mass is 16.5. The van der Waals surface area contributed by atoms with Gasteiger partial charge >= 0.3 is 0 Å². The number of rotatable bonds is 11. The lowest BCUT2D eigenvalue weighted by atomic mass is 9.61. The average Bonchev–Trinajstić information content (AvgIpc) is 2.39. The average molecular weight is 288 g/mol. The molecule has 3 heteroatoms. The van der Waals surface area contributed by atoms with Crippen molar-refractivity contribution in [3.05, 3.63) is 0 Å². The van der Waals surface area contributed by atoms with E-state index in [9.17, 15) is 0 Å². The monoisotopic (exact) mass is 288 g/mol. The molecule has 20 heavy (non-hydrogen) atoms. The lowest BCUT2D eigenvalue weighted by Gasteiger charge is -2.49. The predicted molar refractivity (Wildman–Crippen MR) is 85.1 cm³/mol. The van der Waals surface area contributed by atoms with E-state index < -0.39 is 0 Å². The van der Waals surface area contributed by atoms with Gasteiger partial charge in [0.25, 0.3) is 0 Å². The summed E-state index contributed by atoms with van der Waals surface area (Å²) >= 11 is 0. The zero-order chi connectivity index (χ0) is 15.8. The largest absolute Gasteiger partial charge is 0.384 e. The first-order valence-electron chi connectivity index (χ1n) is 7.90. The molecular formula is C17H36O3. The fourth-order valence-corrected chi connectivity index (χ4v) is 2.65. The molecule has 0 aromatic heterocycles. The van der Waals surface area contributed by atoms with Crippen molar-refractivity contribution in [2.75, 3.05) is 34.0 Å². The molecule has 0 fully saturated rings. The summed E-state index contributed by atoms with van der Waals surface area (Å²) in [6, 6.07) is 0. The van der Waals surface area contributed by atoms with Crippen molar-refractivity contribution in [3.8, 4) is 0 Å². The standard InChI is InChI=1S/C17H36O3/c1-9-15(10-2)20-13-17(11-18-7,12-19-8)16(5,6)14(3)4/h14-15H,9-13H2,1-8H3. The third-order valence-corrected chi connectivity index (χ3v) is 5.16. The molecule has 0 saturated carbocycles.